The van der Waals surface area contributed by atoms with E-state index in [0.717, 1.165) is 30.6 Å². The number of hydrogen-bond donors (Lipinski definition) is 2. The first-order chi connectivity index (χ1) is 8.08. The fraction of sp³-hybridized carbons (Fsp3) is 0.462. The molecule has 4 heteroatoms. The summed E-state index contributed by atoms with van der Waals surface area (Å²) in [6, 6.07) is 5.87. The molecule has 1 aromatic carbocycles. The molecule has 0 atom stereocenters. The number of nitrogens with zero attached hydrogens (tertiary/aromatic N) is 2. The van der Waals surface area contributed by atoms with Crippen molar-refractivity contribution in [1.82, 2.24) is 4.90 Å². The molecule has 0 aliphatic rings. The van der Waals surface area contributed by atoms with Gasteiger partial charge in [-0.1, -0.05) is 24.2 Å². The van der Waals surface area contributed by atoms with Crippen LogP contribution < -0.4 is 5.73 Å². The molecule has 1 aromatic rings. The first-order valence-corrected chi connectivity index (χ1v) is 5.84. The van der Waals surface area contributed by atoms with Crippen molar-refractivity contribution in [1.29, 1.82) is 0 Å². The SMILES string of the molecule is CCCN(C)Cc1ccc(/C(N)=N/O)cc1C. The van der Waals surface area contributed by atoms with Gasteiger partial charge < -0.3 is 15.8 Å². The molecule has 0 bridgehead atoms. The highest BCUT2D eigenvalue weighted by atomic mass is 16.4. The van der Waals surface area contributed by atoms with Crippen LogP contribution in [-0.2, 0) is 6.54 Å². The Kier molecular flexibility index (Phi) is 4.97. The lowest BCUT2D eigenvalue weighted by molar-refractivity contribution is 0.318. The topological polar surface area (TPSA) is 61.8 Å². The highest BCUT2D eigenvalue weighted by molar-refractivity contribution is 5.97. The minimum Gasteiger partial charge on any atom is -0.409 e. The van der Waals surface area contributed by atoms with E-state index in [1.807, 2.05) is 25.1 Å². The van der Waals surface area contributed by atoms with Gasteiger partial charge >= 0.3 is 0 Å². The van der Waals surface area contributed by atoms with Gasteiger partial charge in [0.05, 0.1) is 0 Å². The lowest BCUT2D eigenvalue weighted by Crippen LogP contribution is -2.19. The molecule has 0 saturated carbocycles. The third-order valence-electron chi connectivity index (χ3n) is 2.79. The summed E-state index contributed by atoms with van der Waals surface area (Å²) in [6.45, 7) is 6.23. The summed E-state index contributed by atoms with van der Waals surface area (Å²) < 4.78 is 0. The number of oxime groups is 1. The molecule has 1 rings (SSSR count). The van der Waals surface area contributed by atoms with E-state index in [0.29, 0.717) is 0 Å². The fourth-order valence-corrected chi connectivity index (χ4v) is 1.84. The van der Waals surface area contributed by atoms with E-state index in [9.17, 15) is 0 Å². The van der Waals surface area contributed by atoms with Crippen LogP contribution >= 0.6 is 0 Å². The van der Waals surface area contributed by atoms with E-state index in [1.165, 1.54) is 5.56 Å². The second kappa shape index (κ2) is 6.25. The Morgan fingerprint density at radius 2 is 2.18 bits per heavy atom. The maximum atomic E-state index is 8.62. The molecule has 0 spiro atoms. The molecule has 0 amide bonds. The minimum atomic E-state index is 0.154. The van der Waals surface area contributed by atoms with E-state index >= 15 is 0 Å². The Morgan fingerprint density at radius 1 is 1.47 bits per heavy atom. The molecule has 3 N–H and O–H groups in total. The Labute approximate surface area is 103 Å². The maximum absolute atomic E-state index is 8.62. The zero-order valence-corrected chi connectivity index (χ0v) is 10.8. The van der Waals surface area contributed by atoms with Crippen LogP contribution in [0.5, 0.6) is 0 Å². The summed E-state index contributed by atoms with van der Waals surface area (Å²) in [5, 5.41) is 11.6. The second-order valence-electron chi connectivity index (χ2n) is 4.36. The van der Waals surface area contributed by atoms with Gasteiger partial charge in [-0.05, 0) is 44.1 Å². The smallest absolute Gasteiger partial charge is 0.170 e. The van der Waals surface area contributed by atoms with E-state index in [1.54, 1.807) is 0 Å². The Balaban J connectivity index is 2.83. The number of nitrogens with two attached hydrogens (primary N) is 1. The largest absolute Gasteiger partial charge is 0.409 e. The summed E-state index contributed by atoms with van der Waals surface area (Å²) in [5.74, 6) is 0.154. The highest BCUT2D eigenvalue weighted by Gasteiger charge is 2.05. The Morgan fingerprint density at radius 3 is 2.71 bits per heavy atom. The molecule has 17 heavy (non-hydrogen) atoms. The first kappa shape index (κ1) is 13.5. The van der Waals surface area contributed by atoms with Gasteiger partial charge in [0, 0.05) is 12.1 Å². The maximum Gasteiger partial charge on any atom is 0.170 e. The van der Waals surface area contributed by atoms with E-state index in [-0.39, 0.29) is 5.84 Å². The van der Waals surface area contributed by atoms with Crippen molar-refractivity contribution in [3.8, 4) is 0 Å². The van der Waals surface area contributed by atoms with Crippen molar-refractivity contribution in [3.05, 3.63) is 34.9 Å². The normalized spacial score (nSPS) is 12.1. The minimum absolute atomic E-state index is 0.154. The standard InChI is InChI=1S/C13H21N3O/c1-4-7-16(3)9-12-6-5-11(8-10(12)2)13(14)15-17/h5-6,8,17H,4,7,9H2,1-3H3,(H2,14,15). The zero-order valence-electron chi connectivity index (χ0n) is 10.8. The molecule has 94 valence electrons. The van der Waals surface area contributed by atoms with Crippen molar-refractivity contribution >= 4 is 5.84 Å². The van der Waals surface area contributed by atoms with E-state index in [4.69, 9.17) is 10.9 Å². The van der Waals surface area contributed by atoms with Gasteiger partial charge in [0.2, 0.25) is 0 Å². The van der Waals surface area contributed by atoms with Gasteiger partial charge in [-0.2, -0.15) is 0 Å². The summed E-state index contributed by atoms with van der Waals surface area (Å²) >= 11 is 0. The molecular weight excluding hydrogens is 214 g/mol. The lowest BCUT2D eigenvalue weighted by atomic mass is 10.0. The van der Waals surface area contributed by atoms with Crippen molar-refractivity contribution in [3.63, 3.8) is 0 Å². The van der Waals surface area contributed by atoms with Crippen molar-refractivity contribution < 1.29 is 5.21 Å². The van der Waals surface area contributed by atoms with E-state index in [2.05, 4.69) is 24.0 Å². The zero-order chi connectivity index (χ0) is 12.8. The number of benzene rings is 1. The quantitative estimate of drug-likeness (QED) is 0.355. The third-order valence-corrected chi connectivity index (χ3v) is 2.79. The number of aryl methyl sites for hydroxylation is 1. The van der Waals surface area contributed by atoms with Gasteiger partial charge in [0.15, 0.2) is 5.84 Å². The second-order valence-corrected chi connectivity index (χ2v) is 4.36. The van der Waals surface area contributed by atoms with Crippen LogP contribution in [0.2, 0.25) is 0 Å². The lowest BCUT2D eigenvalue weighted by Gasteiger charge is -2.17. The Hall–Kier alpha value is -1.55. The first-order valence-electron chi connectivity index (χ1n) is 5.84. The number of rotatable bonds is 5. The van der Waals surface area contributed by atoms with Crippen LogP contribution in [0.4, 0.5) is 0 Å². The van der Waals surface area contributed by atoms with Crippen LogP contribution in [0.3, 0.4) is 0 Å². The monoisotopic (exact) mass is 235 g/mol. The molecule has 4 nitrogen and oxygen atoms in total. The van der Waals surface area contributed by atoms with E-state index < -0.39 is 0 Å². The Bertz CT molecular complexity index is 402. The molecule has 0 heterocycles. The third kappa shape index (κ3) is 3.75. The van der Waals surface area contributed by atoms with Crippen molar-refractivity contribution in [2.24, 2.45) is 10.9 Å². The van der Waals surface area contributed by atoms with Crippen LogP contribution in [0.15, 0.2) is 23.4 Å². The predicted octanol–water partition coefficient (Wildman–Crippen LogP) is 1.93. The molecule has 0 aromatic heterocycles. The van der Waals surface area contributed by atoms with Crippen LogP contribution in [0.1, 0.15) is 30.0 Å². The van der Waals surface area contributed by atoms with Crippen molar-refractivity contribution in [2.75, 3.05) is 13.6 Å². The van der Waals surface area contributed by atoms with Gasteiger partial charge in [-0.15, -0.1) is 0 Å². The number of amidine groups is 1. The molecule has 0 aliphatic heterocycles. The summed E-state index contributed by atoms with van der Waals surface area (Å²) in [7, 11) is 2.11. The van der Waals surface area contributed by atoms with Gasteiger partial charge in [0.1, 0.15) is 0 Å². The fourth-order valence-electron chi connectivity index (χ4n) is 1.84. The molecule has 0 saturated heterocycles. The van der Waals surface area contributed by atoms with Gasteiger partial charge in [0.25, 0.3) is 0 Å². The molecule has 0 aliphatic carbocycles. The summed E-state index contributed by atoms with van der Waals surface area (Å²) in [6.07, 6.45) is 1.15. The average Bonchev–Trinajstić information content (AvgIpc) is 2.31. The molecular formula is C13H21N3O. The van der Waals surface area contributed by atoms with Crippen LogP contribution in [-0.4, -0.2) is 29.5 Å². The van der Waals surface area contributed by atoms with Crippen LogP contribution in [0.25, 0.3) is 0 Å². The van der Waals surface area contributed by atoms with Gasteiger partial charge in [-0.3, -0.25) is 0 Å². The molecule has 0 unspecified atom stereocenters. The van der Waals surface area contributed by atoms with Crippen LogP contribution in [0, 0.1) is 6.92 Å². The highest BCUT2D eigenvalue weighted by Crippen LogP contribution is 2.13. The number of hydrogen-bond acceptors (Lipinski definition) is 3. The molecule has 0 fully saturated rings. The van der Waals surface area contributed by atoms with Crippen molar-refractivity contribution in [2.45, 2.75) is 26.8 Å². The van der Waals surface area contributed by atoms with Gasteiger partial charge in [-0.25, -0.2) is 0 Å². The molecule has 0 radical (unpaired) electrons. The average molecular weight is 235 g/mol. The summed E-state index contributed by atoms with van der Waals surface area (Å²) in [4.78, 5) is 2.28. The predicted molar refractivity (Wildman–Crippen MR) is 70.3 cm³/mol. The summed E-state index contributed by atoms with van der Waals surface area (Å²) in [5.41, 5.74) is 8.75.